The Morgan fingerprint density at radius 3 is 2.67 bits per heavy atom. The fourth-order valence-corrected chi connectivity index (χ4v) is 2.25. The quantitative estimate of drug-likeness (QED) is 0.415. The highest BCUT2D eigenvalue weighted by atomic mass is 16.2. The van der Waals surface area contributed by atoms with Gasteiger partial charge in [-0.3, -0.25) is 19.7 Å². The molecular formula is C15H19N3O3. The van der Waals surface area contributed by atoms with Crippen molar-refractivity contribution < 1.29 is 14.4 Å². The van der Waals surface area contributed by atoms with Gasteiger partial charge < -0.3 is 11.1 Å². The van der Waals surface area contributed by atoms with Crippen LogP contribution in [0.1, 0.15) is 63.7 Å². The molecule has 0 aliphatic carbocycles. The zero-order valence-corrected chi connectivity index (χ0v) is 11.9. The third-order valence-corrected chi connectivity index (χ3v) is 3.43. The van der Waals surface area contributed by atoms with Crippen molar-refractivity contribution >= 4 is 17.7 Å². The first-order valence-corrected chi connectivity index (χ1v) is 7.09. The molecule has 0 fully saturated rings. The molecule has 1 heterocycles. The molecule has 3 amide bonds. The summed E-state index contributed by atoms with van der Waals surface area (Å²) in [6, 6.07) is 4.42. The van der Waals surface area contributed by atoms with Gasteiger partial charge in [0, 0.05) is 5.56 Å². The van der Waals surface area contributed by atoms with Crippen LogP contribution < -0.4 is 16.4 Å². The van der Waals surface area contributed by atoms with Gasteiger partial charge in [-0.15, -0.1) is 0 Å². The van der Waals surface area contributed by atoms with Crippen molar-refractivity contribution in [2.75, 3.05) is 0 Å². The lowest BCUT2D eigenvalue weighted by atomic mass is 10.0. The van der Waals surface area contributed by atoms with Gasteiger partial charge in [-0.25, -0.2) is 0 Å². The first kappa shape index (κ1) is 15.2. The fourth-order valence-electron chi connectivity index (χ4n) is 2.25. The van der Waals surface area contributed by atoms with Gasteiger partial charge in [0.2, 0.25) is 0 Å². The van der Waals surface area contributed by atoms with Gasteiger partial charge in [-0.05, 0) is 24.6 Å². The number of carbonyl (C=O) groups excluding carboxylic acids is 3. The summed E-state index contributed by atoms with van der Waals surface area (Å²) < 4.78 is 0. The minimum Gasteiger partial charge on any atom is -0.337 e. The highest BCUT2D eigenvalue weighted by Gasteiger charge is 2.27. The van der Waals surface area contributed by atoms with Crippen molar-refractivity contribution in [1.82, 2.24) is 10.6 Å². The van der Waals surface area contributed by atoms with Crippen LogP contribution in [-0.4, -0.2) is 23.9 Å². The van der Waals surface area contributed by atoms with Crippen molar-refractivity contribution in [3.8, 4) is 0 Å². The molecule has 0 saturated heterocycles. The van der Waals surface area contributed by atoms with Crippen molar-refractivity contribution in [1.29, 1.82) is 0 Å². The molecule has 1 aliphatic rings. The summed E-state index contributed by atoms with van der Waals surface area (Å²) in [5, 5.41) is 4.88. The second-order valence-electron chi connectivity index (χ2n) is 5.12. The van der Waals surface area contributed by atoms with Crippen molar-refractivity contribution in [2.45, 2.75) is 38.8 Å². The van der Waals surface area contributed by atoms with E-state index in [1.165, 1.54) is 18.2 Å². The molecule has 0 aromatic heterocycles. The third kappa shape index (κ3) is 3.46. The largest absolute Gasteiger partial charge is 0.337 e. The molecule has 112 valence electrons. The predicted molar refractivity (Wildman–Crippen MR) is 77.8 cm³/mol. The molecule has 1 aromatic rings. The van der Waals surface area contributed by atoms with E-state index in [-0.39, 0.29) is 11.5 Å². The maximum atomic E-state index is 12.1. The van der Waals surface area contributed by atoms with E-state index in [0.29, 0.717) is 17.5 Å². The van der Waals surface area contributed by atoms with Crippen LogP contribution in [-0.2, 0) is 0 Å². The predicted octanol–water partition coefficient (Wildman–Crippen LogP) is 1.17. The van der Waals surface area contributed by atoms with Gasteiger partial charge in [0.15, 0.2) is 0 Å². The Kier molecular flexibility index (Phi) is 4.70. The Balaban J connectivity index is 2.02. The molecule has 1 aromatic carbocycles. The van der Waals surface area contributed by atoms with E-state index in [0.717, 1.165) is 19.3 Å². The van der Waals surface area contributed by atoms with Crippen LogP contribution in [0, 0.1) is 0 Å². The molecule has 1 atom stereocenters. The zero-order valence-electron chi connectivity index (χ0n) is 11.9. The molecule has 6 heteroatoms. The van der Waals surface area contributed by atoms with Crippen LogP contribution in [0.3, 0.4) is 0 Å². The average Bonchev–Trinajstić information content (AvgIpc) is 2.74. The van der Waals surface area contributed by atoms with E-state index in [1.807, 2.05) is 0 Å². The van der Waals surface area contributed by atoms with E-state index < -0.39 is 18.0 Å². The maximum Gasteiger partial charge on any atom is 0.258 e. The van der Waals surface area contributed by atoms with E-state index in [1.54, 1.807) is 0 Å². The van der Waals surface area contributed by atoms with Crippen molar-refractivity contribution in [3.05, 3.63) is 34.9 Å². The standard InChI is InChI=1S/C15H19N3O3/c1-2-3-4-5-12(16)17-13(19)9-6-7-10-11(8-9)15(21)18-14(10)20/h6-8,12H,2-5,16H2,1H3,(H,17,19)(H,18,20,21). The third-order valence-electron chi connectivity index (χ3n) is 3.43. The number of amides is 3. The summed E-state index contributed by atoms with van der Waals surface area (Å²) in [5.74, 6) is -1.25. The molecule has 1 aliphatic heterocycles. The summed E-state index contributed by atoms with van der Waals surface area (Å²) in [4.78, 5) is 35.1. The van der Waals surface area contributed by atoms with Gasteiger partial charge in [0.1, 0.15) is 0 Å². The Hall–Kier alpha value is -2.21. The lowest BCUT2D eigenvalue weighted by Crippen LogP contribution is -2.41. The first-order valence-electron chi connectivity index (χ1n) is 7.09. The van der Waals surface area contributed by atoms with Gasteiger partial charge in [-0.1, -0.05) is 26.2 Å². The number of rotatable bonds is 6. The van der Waals surface area contributed by atoms with E-state index >= 15 is 0 Å². The average molecular weight is 289 g/mol. The molecule has 0 saturated carbocycles. The minimum absolute atomic E-state index is 0.229. The molecule has 2 rings (SSSR count). The van der Waals surface area contributed by atoms with Crippen LogP contribution in [0.25, 0.3) is 0 Å². The molecule has 0 radical (unpaired) electrons. The molecule has 0 spiro atoms. The number of benzene rings is 1. The summed E-state index contributed by atoms with van der Waals surface area (Å²) in [6.07, 6.45) is 3.43. The Morgan fingerprint density at radius 2 is 1.95 bits per heavy atom. The monoisotopic (exact) mass is 289 g/mol. The molecule has 0 bridgehead atoms. The van der Waals surface area contributed by atoms with Gasteiger partial charge in [0.05, 0.1) is 17.3 Å². The maximum absolute atomic E-state index is 12.1. The number of imide groups is 1. The topological polar surface area (TPSA) is 101 Å². The Morgan fingerprint density at radius 1 is 1.24 bits per heavy atom. The number of fused-ring (bicyclic) bond motifs is 1. The number of unbranched alkanes of at least 4 members (excludes halogenated alkanes) is 2. The summed E-state index contributed by atoms with van der Waals surface area (Å²) in [6.45, 7) is 2.10. The minimum atomic E-state index is -0.475. The molecule has 1 unspecified atom stereocenters. The molecular weight excluding hydrogens is 270 g/mol. The Labute approximate surface area is 123 Å². The van der Waals surface area contributed by atoms with Crippen LogP contribution in [0.5, 0.6) is 0 Å². The SMILES string of the molecule is CCCCCC(N)NC(=O)c1ccc2c(c1)C(=O)NC2=O. The van der Waals surface area contributed by atoms with E-state index in [2.05, 4.69) is 17.6 Å². The van der Waals surface area contributed by atoms with Crippen LogP contribution in [0.15, 0.2) is 18.2 Å². The van der Waals surface area contributed by atoms with Crippen LogP contribution in [0.4, 0.5) is 0 Å². The smallest absolute Gasteiger partial charge is 0.258 e. The van der Waals surface area contributed by atoms with Crippen molar-refractivity contribution in [3.63, 3.8) is 0 Å². The molecule has 4 N–H and O–H groups in total. The molecule has 21 heavy (non-hydrogen) atoms. The summed E-state index contributed by atoms with van der Waals surface area (Å²) in [7, 11) is 0. The second kappa shape index (κ2) is 6.49. The number of carbonyl (C=O) groups is 3. The summed E-state index contributed by atoms with van der Waals surface area (Å²) in [5.41, 5.74) is 6.70. The second-order valence-corrected chi connectivity index (χ2v) is 5.12. The van der Waals surface area contributed by atoms with Gasteiger partial charge in [0.25, 0.3) is 17.7 Å². The van der Waals surface area contributed by atoms with Gasteiger partial charge in [-0.2, -0.15) is 0 Å². The fraction of sp³-hybridized carbons (Fsp3) is 0.400. The van der Waals surface area contributed by atoms with Gasteiger partial charge >= 0.3 is 0 Å². The Bertz CT molecular complexity index is 584. The number of hydrogen-bond acceptors (Lipinski definition) is 4. The van der Waals surface area contributed by atoms with Crippen LogP contribution >= 0.6 is 0 Å². The first-order chi connectivity index (χ1) is 10.0. The van der Waals surface area contributed by atoms with Crippen LogP contribution in [0.2, 0.25) is 0 Å². The zero-order chi connectivity index (χ0) is 15.4. The van der Waals surface area contributed by atoms with E-state index in [4.69, 9.17) is 5.73 Å². The summed E-state index contributed by atoms with van der Waals surface area (Å²) >= 11 is 0. The highest BCUT2D eigenvalue weighted by Crippen LogP contribution is 2.17. The number of nitrogens with two attached hydrogens (primary N) is 1. The normalized spacial score (nSPS) is 14.6. The van der Waals surface area contributed by atoms with Crippen molar-refractivity contribution in [2.24, 2.45) is 5.73 Å². The number of nitrogens with one attached hydrogen (secondary N) is 2. The molecule has 6 nitrogen and oxygen atoms in total. The lowest BCUT2D eigenvalue weighted by Gasteiger charge is -2.13. The number of hydrogen-bond donors (Lipinski definition) is 3. The highest BCUT2D eigenvalue weighted by molar-refractivity contribution is 6.22. The van der Waals surface area contributed by atoms with E-state index in [9.17, 15) is 14.4 Å². The lowest BCUT2D eigenvalue weighted by molar-refractivity contribution is 0.0878.